The van der Waals surface area contributed by atoms with Crippen molar-refractivity contribution >= 4 is 0 Å². The Kier molecular flexibility index (Phi) is 4.64. The van der Waals surface area contributed by atoms with Gasteiger partial charge < -0.3 is 4.42 Å². The molecular formula is C23H24F2N4O. The molecule has 0 amide bonds. The van der Waals surface area contributed by atoms with E-state index in [9.17, 15) is 8.78 Å². The molecule has 2 aliphatic carbocycles. The number of fused-ring (bicyclic) bond motifs is 1. The van der Waals surface area contributed by atoms with Crippen molar-refractivity contribution in [3.63, 3.8) is 0 Å². The van der Waals surface area contributed by atoms with Crippen LogP contribution in [0.2, 0.25) is 0 Å². The summed E-state index contributed by atoms with van der Waals surface area (Å²) >= 11 is 0. The van der Waals surface area contributed by atoms with Crippen molar-refractivity contribution < 1.29 is 13.2 Å². The average molecular weight is 410 g/mol. The topological polar surface area (TPSA) is 64.7 Å². The lowest BCUT2D eigenvalue weighted by atomic mass is 9.67. The zero-order chi connectivity index (χ0) is 20.9. The Morgan fingerprint density at radius 1 is 1.03 bits per heavy atom. The van der Waals surface area contributed by atoms with Crippen LogP contribution in [-0.2, 0) is 5.41 Å². The van der Waals surface area contributed by atoms with Crippen LogP contribution in [0.5, 0.6) is 0 Å². The highest BCUT2D eigenvalue weighted by Crippen LogP contribution is 2.50. The maximum Gasteiger partial charge on any atom is 0.228 e. The second-order valence-electron chi connectivity index (χ2n) is 8.43. The molecule has 2 heterocycles. The Morgan fingerprint density at radius 3 is 2.47 bits per heavy atom. The van der Waals surface area contributed by atoms with E-state index in [0.29, 0.717) is 17.7 Å². The van der Waals surface area contributed by atoms with E-state index in [2.05, 4.69) is 34.2 Å². The minimum Gasteiger partial charge on any atom is -0.424 e. The monoisotopic (exact) mass is 410 g/mol. The highest BCUT2D eigenvalue weighted by Gasteiger charge is 2.46. The molecule has 156 valence electrons. The zero-order valence-corrected chi connectivity index (χ0v) is 17.2. The minimum atomic E-state index is -0.638. The Bertz CT molecular complexity index is 1070. The molecule has 7 heteroatoms. The molecule has 2 aromatic heterocycles. The summed E-state index contributed by atoms with van der Waals surface area (Å²) in [6.45, 7) is 4.21. The number of hydrogen-bond acceptors (Lipinski definition) is 5. The van der Waals surface area contributed by atoms with Gasteiger partial charge in [-0.25, -0.2) is 8.78 Å². The van der Waals surface area contributed by atoms with Gasteiger partial charge in [0.1, 0.15) is 11.6 Å². The van der Waals surface area contributed by atoms with E-state index in [0.717, 1.165) is 49.8 Å². The molecule has 1 fully saturated rings. The Morgan fingerprint density at radius 2 is 1.80 bits per heavy atom. The van der Waals surface area contributed by atoms with Gasteiger partial charge in [0.05, 0.1) is 22.4 Å². The van der Waals surface area contributed by atoms with Crippen LogP contribution in [0.15, 0.2) is 28.7 Å². The van der Waals surface area contributed by atoms with Gasteiger partial charge in [-0.2, -0.15) is 5.10 Å². The number of hydrogen-bond donors (Lipinski definition) is 0. The van der Waals surface area contributed by atoms with Gasteiger partial charge in [0.15, 0.2) is 0 Å². The Hall–Kier alpha value is -2.70. The smallest absolute Gasteiger partial charge is 0.228 e. The summed E-state index contributed by atoms with van der Waals surface area (Å²) in [7, 11) is 0. The van der Waals surface area contributed by atoms with Crippen molar-refractivity contribution in [3.05, 3.63) is 58.9 Å². The first kappa shape index (κ1) is 19.3. The molecule has 2 atom stereocenters. The largest absolute Gasteiger partial charge is 0.424 e. The van der Waals surface area contributed by atoms with E-state index in [1.165, 1.54) is 18.2 Å². The van der Waals surface area contributed by atoms with Gasteiger partial charge in [0.2, 0.25) is 11.8 Å². The fraction of sp³-hybridized carbons (Fsp3) is 0.478. The second kappa shape index (κ2) is 7.22. The van der Waals surface area contributed by atoms with Crippen LogP contribution in [0.4, 0.5) is 8.78 Å². The number of rotatable bonds is 5. The van der Waals surface area contributed by atoms with E-state index >= 15 is 0 Å². The molecule has 1 saturated carbocycles. The van der Waals surface area contributed by atoms with Crippen LogP contribution in [0.25, 0.3) is 11.3 Å². The predicted octanol–water partition coefficient (Wildman–Crippen LogP) is 5.67. The lowest BCUT2D eigenvalue weighted by Gasteiger charge is -2.37. The highest BCUT2D eigenvalue weighted by molar-refractivity contribution is 5.62. The summed E-state index contributed by atoms with van der Waals surface area (Å²) in [4.78, 5) is 0. The van der Waals surface area contributed by atoms with Gasteiger partial charge in [-0.1, -0.05) is 19.9 Å². The molecule has 2 aliphatic rings. The summed E-state index contributed by atoms with van der Waals surface area (Å²) in [6.07, 6.45) is 5.59. The first-order chi connectivity index (χ1) is 14.6. The maximum absolute atomic E-state index is 14.4. The normalized spacial score (nSPS) is 23.4. The Balaban J connectivity index is 1.65. The fourth-order valence-electron chi connectivity index (χ4n) is 4.70. The van der Waals surface area contributed by atoms with Crippen LogP contribution >= 0.6 is 0 Å². The third-order valence-electron chi connectivity index (χ3n) is 6.73. The highest BCUT2D eigenvalue weighted by atomic mass is 19.1. The number of benzene rings is 1. The third-order valence-corrected chi connectivity index (χ3v) is 6.73. The van der Waals surface area contributed by atoms with Gasteiger partial charge >= 0.3 is 0 Å². The Labute approximate surface area is 173 Å². The number of halogens is 2. The van der Waals surface area contributed by atoms with E-state index in [1.54, 1.807) is 6.07 Å². The molecule has 30 heavy (non-hydrogen) atoms. The van der Waals surface area contributed by atoms with E-state index < -0.39 is 17.0 Å². The average Bonchev–Trinajstić information content (AvgIpc) is 3.49. The molecule has 3 aromatic rings. The number of aromatic nitrogens is 4. The second-order valence-corrected chi connectivity index (χ2v) is 8.43. The molecule has 0 aliphatic heterocycles. The molecular weight excluding hydrogens is 386 g/mol. The molecule has 5 rings (SSSR count). The lowest BCUT2D eigenvalue weighted by Crippen LogP contribution is -2.35. The first-order valence-electron chi connectivity index (χ1n) is 10.7. The van der Waals surface area contributed by atoms with Crippen LogP contribution in [0.3, 0.4) is 0 Å². The number of nitrogens with zero attached hydrogens (tertiary/aromatic N) is 4. The SMILES string of the molecule is CC[C@H]1CC[C@](CC)(c2nnc(C3CC3)o2)c2nnc(-c3c(F)cccc3F)cc21. The van der Waals surface area contributed by atoms with Crippen LogP contribution in [0, 0.1) is 11.6 Å². The van der Waals surface area contributed by atoms with E-state index in [4.69, 9.17) is 4.42 Å². The summed E-state index contributed by atoms with van der Waals surface area (Å²) in [5.74, 6) is 0.636. The molecule has 0 saturated heterocycles. The molecule has 0 spiro atoms. The van der Waals surface area contributed by atoms with Gasteiger partial charge in [0, 0.05) is 5.92 Å². The molecule has 0 bridgehead atoms. The fourth-order valence-corrected chi connectivity index (χ4v) is 4.70. The first-order valence-corrected chi connectivity index (χ1v) is 10.7. The van der Waals surface area contributed by atoms with Gasteiger partial charge in [-0.05, 0) is 68.2 Å². The lowest BCUT2D eigenvalue weighted by molar-refractivity contribution is 0.285. The summed E-state index contributed by atoms with van der Waals surface area (Å²) in [5, 5.41) is 17.5. The van der Waals surface area contributed by atoms with Gasteiger partial charge in [0.25, 0.3) is 0 Å². The molecule has 1 aromatic carbocycles. The van der Waals surface area contributed by atoms with Crippen molar-refractivity contribution in [2.24, 2.45) is 0 Å². The van der Waals surface area contributed by atoms with E-state index in [1.807, 2.05) is 0 Å². The molecule has 0 N–H and O–H groups in total. The minimum absolute atomic E-state index is 0.135. The molecule has 5 nitrogen and oxygen atoms in total. The van der Waals surface area contributed by atoms with Crippen LogP contribution in [0.1, 0.15) is 87.2 Å². The standard InChI is InChI=1S/C23H24F2N4O/c1-3-13-10-11-23(4-2,22-29-28-21(30-22)14-8-9-14)20-15(13)12-18(26-27-20)19-16(24)6-5-7-17(19)25/h5-7,12-14H,3-4,8-11H2,1-2H3/t13-,23-/m0/s1. The maximum atomic E-state index is 14.4. The van der Waals surface area contributed by atoms with Crippen molar-refractivity contribution in [1.29, 1.82) is 0 Å². The van der Waals surface area contributed by atoms with Crippen molar-refractivity contribution in [1.82, 2.24) is 20.4 Å². The van der Waals surface area contributed by atoms with E-state index in [-0.39, 0.29) is 17.2 Å². The van der Waals surface area contributed by atoms with Crippen molar-refractivity contribution in [2.45, 2.75) is 69.6 Å². The summed E-state index contributed by atoms with van der Waals surface area (Å²) in [5.41, 5.74) is 1.35. The molecule has 0 unspecified atom stereocenters. The van der Waals surface area contributed by atoms with Gasteiger partial charge in [-0.3, -0.25) is 0 Å². The zero-order valence-electron chi connectivity index (χ0n) is 17.2. The summed E-state index contributed by atoms with van der Waals surface area (Å²) in [6, 6.07) is 5.64. The van der Waals surface area contributed by atoms with Gasteiger partial charge in [-0.15, -0.1) is 15.3 Å². The summed E-state index contributed by atoms with van der Waals surface area (Å²) < 4.78 is 34.9. The van der Waals surface area contributed by atoms with Crippen LogP contribution in [-0.4, -0.2) is 20.4 Å². The molecule has 0 radical (unpaired) electrons. The van der Waals surface area contributed by atoms with Crippen LogP contribution < -0.4 is 0 Å². The predicted molar refractivity (Wildman–Crippen MR) is 107 cm³/mol. The quantitative estimate of drug-likeness (QED) is 0.543. The van der Waals surface area contributed by atoms with Crippen molar-refractivity contribution in [3.8, 4) is 11.3 Å². The third kappa shape index (κ3) is 2.94. The van der Waals surface area contributed by atoms with Crippen molar-refractivity contribution in [2.75, 3.05) is 0 Å².